The Hall–Kier alpha value is -3.83. The van der Waals surface area contributed by atoms with Crippen molar-refractivity contribution >= 4 is 11.8 Å². The SMILES string of the molecule is O=C(Oc1ccc([N+](=O)[O-])cc1)O[C@@H]1[C@H](OCc2ccccc2)[C@@H]2OC[C@@H](O2)[C@H]1OCc1ccccc1. The van der Waals surface area contributed by atoms with Crippen LogP contribution >= 0.6 is 0 Å². The number of carbonyl (C=O) groups is 1. The molecule has 2 fully saturated rings. The molecule has 10 nitrogen and oxygen atoms in total. The Kier molecular flexibility index (Phi) is 7.71. The minimum Gasteiger partial charge on any atom is -0.425 e. The predicted molar refractivity (Wildman–Crippen MR) is 129 cm³/mol. The van der Waals surface area contributed by atoms with Crippen molar-refractivity contribution < 1.29 is 38.1 Å². The second-order valence-electron chi connectivity index (χ2n) is 8.58. The highest BCUT2D eigenvalue weighted by Gasteiger charge is 2.54. The van der Waals surface area contributed by atoms with Gasteiger partial charge < -0.3 is 28.4 Å². The van der Waals surface area contributed by atoms with E-state index in [-0.39, 0.29) is 31.3 Å². The average Bonchev–Trinajstić information content (AvgIpc) is 3.35. The molecule has 37 heavy (non-hydrogen) atoms. The fourth-order valence-electron chi connectivity index (χ4n) is 4.25. The first kappa shape index (κ1) is 24.8. The summed E-state index contributed by atoms with van der Waals surface area (Å²) < 4.78 is 35.2. The first-order chi connectivity index (χ1) is 18.1. The lowest BCUT2D eigenvalue weighted by Gasteiger charge is -2.39. The monoisotopic (exact) mass is 507 g/mol. The van der Waals surface area contributed by atoms with Crippen molar-refractivity contribution in [2.45, 2.75) is 43.9 Å². The second kappa shape index (κ2) is 11.5. The largest absolute Gasteiger partial charge is 0.514 e. The molecule has 0 N–H and O–H groups in total. The molecule has 192 valence electrons. The zero-order valence-corrected chi connectivity index (χ0v) is 19.7. The number of nitro benzene ring substituents is 1. The second-order valence-corrected chi connectivity index (χ2v) is 8.58. The molecule has 3 aromatic carbocycles. The molecule has 3 aromatic rings. The summed E-state index contributed by atoms with van der Waals surface area (Å²) in [6.45, 7) is 0.757. The number of ether oxygens (including phenoxy) is 6. The topological polar surface area (TPSA) is 116 Å². The van der Waals surface area contributed by atoms with Gasteiger partial charge in [0.05, 0.1) is 24.7 Å². The quantitative estimate of drug-likeness (QED) is 0.180. The van der Waals surface area contributed by atoms with Crippen LogP contribution in [0.4, 0.5) is 10.5 Å². The minimum absolute atomic E-state index is 0.102. The molecule has 5 atom stereocenters. The zero-order valence-electron chi connectivity index (χ0n) is 19.7. The molecule has 10 heteroatoms. The summed E-state index contributed by atoms with van der Waals surface area (Å²) in [7, 11) is 0. The van der Waals surface area contributed by atoms with Gasteiger partial charge in [-0.15, -0.1) is 0 Å². The zero-order chi connectivity index (χ0) is 25.6. The summed E-state index contributed by atoms with van der Waals surface area (Å²) in [5.74, 6) is 0.102. The number of non-ortho nitro benzene ring substituents is 1. The molecule has 2 aliphatic heterocycles. The number of nitrogens with zero attached hydrogens (tertiary/aromatic N) is 1. The number of benzene rings is 3. The molecule has 5 rings (SSSR count). The smallest absolute Gasteiger partial charge is 0.425 e. The normalized spacial score (nSPS) is 24.4. The van der Waals surface area contributed by atoms with E-state index in [4.69, 9.17) is 28.4 Å². The molecule has 0 amide bonds. The van der Waals surface area contributed by atoms with Crippen LogP contribution in [0.2, 0.25) is 0 Å². The first-order valence-corrected chi connectivity index (χ1v) is 11.8. The summed E-state index contributed by atoms with van der Waals surface area (Å²) in [6.07, 6.45) is -4.59. The molecular weight excluding hydrogens is 482 g/mol. The van der Waals surface area contributed by atoms with Gasteiger partial charge in [0, 0.05) is 12.1 Å². The fraction of sp³-hybridized carbons (Fsp3) is 0.296. The van der Waals surface area contributed by atoms with E-state index in [1.165, 1.54) is 24.3 Å². The van der Waals surface area contributed by atoms with Crippen LogP contribution in [0.15, 0.2) is 84.9 Å². The Morgan fingerprint density at radius 1 is 0.838 bits per heavy atom. The number of nitro groups is 1. The maximum absolute atomic E-state index is 12.8. The summed E-state index contributed by atoms with van der Waals surface area (Å²) in [5, 5.41) is 10.9. The van der Waals surface area contributed by atoms with Crippen molar-refractivity contribution in [3.05, 3.63) is 106 Å². The number of hydrogen-bond donors (Lipinski definition) is 0. The van der Waals surface area contributed by atoms with Crippen LogP contribution < -0.4 is 4.74 Å². The highest BCUT2D eigenvalue weighted by atomic mass is 16.8. The van der Waals surface area contributed by atoms with Crippen LogP contribution in [0.1, 0.15) is 11.1 Å². The summed E-state index contributed by atoms with van der Waals surface area (Å²) in [4.78, 5) is 23.1. The van der Waals surface area contributed by atoms with Crippen molar-refractivity contribution in [2.75, 3.05) is 6.61 Å². The fourth-order valence-corrected chi connectivity index (χ4v) is 4.25. The Morgan fingerprint density at radius 3 is 2.03 bits per heavy atom. The van der Waals surface area contributed by atoms with E-state index in [0.717, 1.165) is 11.1 Å². The summed E-state index contributed by atoms with van der Waals surface area (Å²) in [6, 6.07) is 24.3. The van der Waals surface area contributed by atoms with E-state index in [0.29, 0.717) is 0 Å². The van der Waals surface area contributed by atoms with Gasteiger partial charge in [0.15, 0.2) is 12.4 Å². The Morgan fingerprint density at radius 2 is 1.43 bits per heavy atom. The molecule has 0 unspecified atom stereocenters. The highest BCUT2D eigenvalue weighted by molar-refractivity contribution is 5.64. The molecule has 2 saturated heterocycles. The number of rotatable bonds is 9. The van der Waals surface area contributed by atoms with Crippen LogP contribution in [0.3, 0.4) is 0 Å². The van der Waals surface area contributed by atoms with Crippen LogP contribution in [-0.4, -0.2) is 48.4 Å². The average molecular weight is 507 g/mol. The van der Waals surface area contributed by atoms with E-state index >= 15 is 0 Å². The van der Waals surface area contributed by atoms with Gasteiger partial charge in [-0.3, -0.25) is 10.1 Å². The third-order valence-corrected chi connectivity index (χ3v) is 6.07. The van der Waals surface area contributed by atoms with Crippen molar-refractivity contribution in [1.29, 1.82) is 0 Å². The van der Waals surface area contributed by atoms with Gasteiger partial charge in [-0.05, 0) is 23.3 Å². The lowest BCUT2D eigenvalue weighted by Crippen LogP contribution is -2.57. The van der Waals surface area contributed by atoms with Crippen molar-refractivity contribution in [2.24, 2.45) is 0 Å². The number of carbonyl (C=O) groups excluding carboxylic acids is 1. The number of fused-ring (bicyclic) bond motifs is 2. The maximum Gasteiger partial charge on any atom is 0.514 e. The van der Waals surface area contributed by atoms with Crippen LogP contribution in [-0.2, 0) is 36.9 Å². The minimum atomic E-state index is -0.998. The first-order valence-electron chi connectivity index (χ1n) is 11.8. The van der Waals surface area contributed by atoms with E-state index < -0.39 is 41.8 Å². The van der Waals surface area contributed by atoms with Crippen LogP contribution in [0.5, 0.6) is 5.75 Å². The van der Waals surface area contributed by atoms with Gasteiger partial charge in [-0.1, -0.05) is 60.7 Å². The maximum atomic E-state index is 12.8. The lowest BCUT2D eigenvalue weighted by molar-refractivity contribution is -0.384. The van der Waals surface area contributed by atoms with Gasteiger partial charge in [-0.25, -0.2) is 4.79 Å². The Bertz CT molecular complexity index is 1130. The van der Waals surface area contributed by atoms with Crippen LogP contribution in [0, 0.1) is 10.1 Å². The third kappa shape index (κ3) is 6.12. The third-order valence-electron chi connectivity index (χ3n) is 6.07. The van der Waals surface area contributed by atoms with Gasteiger partial charge >= 0.3 is 6.16 Å². The molecule has 2 bridgehead atoms. The van der Waals surface area contributed by atoms with Gasteiger partial charge in [0.1, 0.15) is 24.1 Å². The number of hydrogen-bond acceptors (Lipinski definition) is 9. The molecule has 0 aromatic heterocycles. The lowest BCUT2D eigenvalue weighted by atomic mass is 10.00. The molecule has 0 spiro atoms. The molecule has 0 saturated carbocycles. The highest BCUT2D eigenvalue weighted by Crippen LogP contribution is 2.35. The standard InChI is InChI=1S/C27H25NO9/c29-27(35-21-13-11-20(12-14-21)28(30)31)37-24-23(32-15-18-7-3-1-4-8-18)22-17-34-26(36-22)25(24)33-16-19-9-5-2-6-10-19/h1-14,22-26H,15-17H2/t22-,23-,24+,25+,26-/m1/s1. The Balaban J connectivity index is 1.33. The van der Waals surface area contributed by atoms with Gasteiger partial charge in [0.25, 0.3) is 5.69 Å². The van der Waals surface area contributed by atoms with Crippen molar-refractivity contribution in [1.82, 2.24) is 0 Å². The molecule has 2 heterocycles. The molecular formula is C27H25NO9. The van der Waals surface area contributed by atoms with Gasteiger partial charge in [0.2, 0.25) is 0 Å². The summed E-state index contributed by atoms with van der Waals surface area (Å²) >= 11 is 0. The van der Waals surface area contributed by atoms with Crippen LogP contribution in [0.25, 0.3) is 0 Å². The van der Waals surface area contributed by atoms with Crippen molar-refractivity contribution in [3.63, 3.8) is 0 Å². The van der Waals surface area contributed by atoms with Gasteiger partial charge in [-0.2, -0.15) is 0 Å². The summed E-state index contributed by atoms with van der Waals surface area (Å²) in [5.41, 5.74) is 1.75. The van der Waals surface area contributed by atoms with E-state index in [2.05, 4.69) is 0 Å². The van der Waals surface area contributed by atoms with E-state index in [9.17, 15) is 14.9 Å². The van der Waals surface area contributed by atoms with Crippen molar-refractivity contribution in [3.8, 4) is 5.75 Å². The molecule has 0 aliphatic carbocycles. The predicted octanol–water partition coefficient (Wildman–Crippen LogP) is 4.40. The Labute approximate surface area is 212 Å². The van der Waals surface area contributed by atoms with E-state index in [1.54, 1.807) is 0 Å². The molecule has 0 radical (unpaired) electrons. The molecule has 2 aliphatic rings. The van der Waals surface area contributed by atoms with E-state index in [1.807, 2.05) is 60.7 Å².